The average Bonchev–Trinajstić information content (AvgIpc) is 2.88. The average molecular weight is 541 g/mol. The molecule has 1 saturated heterocycles. The van der Waals surface area contributed by atoms with Crippen LogP contribution < -0.4 is 20.3 Å². The lowest BCUT2D eigenvalue weighted by Crippen LogP contribution is -2.43. The number of carbonyl (C=O) groups is 1. The molecule has 202 valence electrons. The molecule has 38 heavy (non-hydrogen) atoms. The Balaban J connectivity index is 1.27. The molecule has 1 fully saturated rings. The summed E-state index contributed by atoms with van der Waals surface area (Å²) < 4.78 is 28.0. The summed E-state index contributed by atoms with van der Waals surface area (Å²) in [5, 5.41) is 35.7. The smallest absolute Gasteiger partial charge is 0.261 e. The Hall–Kier alpha value is -3.80. The number of nitrogens with one attached hydrogen (secondary N) is 3. The molecule has 1 unspecified atom stereocenters. The topological polar surface area (TPSA) is 151 Å². The van der Waals surface area contributed by atoms with E-state index < -0.39 is 16.1 Å². The van der Waals surface area contributed by atoms with Crippen molar-refractivity contribution in [3.05, 3.63) is 72.3 Å². The number of benzene rings is 3. The van der Waals surface area contributed by atoms with Crippen molar-refractivity contribution >= 4 is 33.0 Å². The third-order valence-electron chi connectivity index (χ3n) is 6.44. The second-order valence-corrected chi connectivity index (χ2v) is 11.0. The van der Waals surface area contributed by atoms with Crippen LogP contribution in [0.1, 0.15) is 31.4 Å². The number of phenols is 2. The number of amides is 1. The minimum absolute atomic E-state index is 0.0567. The van der Waals surface area contributed by atoms with Gasteiger partial charge in [-0.3, -0.25) is 9.52 Å². The van der Waals surface area contributed by atoms with Gasteiger partial charge < -0.3 is 30.9 Å². The van der Waals surface area contributed by atoms with Crippen LogP contribution in [0.4, 0.5) is 17.1 Å². The number of anilines is 3. The maximum Gasteiger partial charge on any atom is 0.261 e. The molecular weight excluding hydrogens is 508 g/mol. The number of piperidine rings is 1. The summed E-state index contributed by atoms with van der Waals surface area (Å²) in [6, 6.07) is 17.5. The minimum atomic E-state index is -3.78. The Morgan fingerprint density at radius 2 is 1.61 bits per heavy atom. The molecule has 6 N–H and O–H groups in total. The van der Waals surface area contributed by atoms with E-state index in [9.17, 15) is 28.5 Å². The lowest BCUT2D eigenvalue weighted by atomic mass is 10.0. The molecule has 3 aromatic rings. The van der Waals surface area contributed by atoms with E-state index in [1.54, 1.807) is 12.1 Å². The first-order chi connectivity index (χ1) is 18.1. The van der Waals surface area contributed by atoms with Crippen LogP contribution in [0.15, 0.2) is 71.6 Å². The molecule has 0 aliphatic carbocycles. The van der Waals surface area contributed by atoms with Gasteiger partial charge in [0.25, 0.3) is 10.0 Å². The third kappa shape index (κ3) is 6.94. The van der Waals surface area contributed by atoms with Crippen LogP contribution >= 0.6 is 0 Å². The van der Waals surface area contributed by atoms with Crippen molar-refractivity contribution in [2.24, 2.45) is 0 Å². The first kappa shape index (κ1) is 27.2. The monoisotopic (exact) mass is 540 g/mol. The number of aromatic hydroxyl groups is 2. The highest BCUT2D eigenvalue weighted by Gasteiger charge is 2.21. The van der Waals surface area contributed by atoms with Gasteiger partial charge in [-0.2, -0.15) is 0 Å². The van der Waals surface area contributed by atoms with Gasteiger partial charge in [-0.15, -0.1) is 0 Å². The Bertz CT molecular complexity index is 1360. The molecule has 1 aliphatic heterocycles. The third-order valence-corrected chi connectivity index (χ3v) is 7.83. The first-order valence-electron chi connectivity index (χ1n) is 12.3. The first-order valence-corrected chi connectivity index (χ1v) is 13.8. The molecule has 0 aromatic heterocycles. The number of phenolic OH excluding ortho intramolecular Hbond substituents is 2. The molecule has 0 radical (unpaired) electrons. The summed E-state index contributed by atoms with van der Waals surface area (Å²) in [5.74, 6) is -0.427. The summed E-state index contributed by atoms with van der Waals surface area (Å²) in [5.41, 5.74) is 2.32. The molecule has 11 heteroatoms. The number of rotatable bonds is 9. The maximum atomic E-state index is 12.7. The lowest BCUT2D eigenvalue weighted by Gasteiger charge is -2.34. The van der Waals surface area contributed by atoms with Crippen LogP contribution in [-0.2, 0) is 14.8 Å². The molecule has 0 bridgehead atoms. The fourth-order valence-corrected chi connectivity index (χ4v) is 5.48. The number of carbonyl (C=O) groups excluding carboxylic acids is 1. The van der Waals surface area contributed by atoms with Gasteiger partial charge in [0.15, 0.2) is 0 Å². The maximum absolute atomic E-state index is 12.7. The summed E-state index contributed by atoms with van der Waals surface area (Å²) >= 11 is 0. The van der Waals surface area contributed by atoms with E-state index in [1.807, 2.05) is 12.1 Å². The van der Waals surface area contributed by atoms with Crippen LogP contribution in [0.25, 0.3) is 0 Å². The van der Waals surface area contributed by atoms with Gasteiger partial charge in [0.1, 0.15) is 11.5 Å². The zero-order valence-corrected chi connectivity index (χ0v) is 21.8. The Morgan fingerprint density at radius 1 is 0.974 bits per heavy atom. The van der Waals surface area contributed by atoms with Gasteiger partial charge in [-0.25, -0.2) is 8.42 Å². The molecule has 1 amide bonds. The second-order valence-electron chi connectivity index (χ2n) is 9.29. The fraction of sp³-hybridized carbons (Fsp3) is 0.296. The summed E-state index contributed by atoms with van der Waals surface area (Å²) in [4.78, 5) is 13.5. The van der Waals surface area contributed by atoms with Crippen molar-refractivity contribution < 1.29 is 28.5 Å². The summed E-state index contributed by atoms with van der Waals surface area (Å²) in [7, 11) is -3.78. The SMILES string of the molecule is CC(=O)Nc1ccc(S(=O)(=O)Nc2ccc(N3CCC(NCC(O)c4ccc(O)cc4O)CC3)cc2)cc1. The molecule has 1 heterocycles. The van der Waals surface area contributed by atoms with Gasteiger partial charge in [0.2, 0.25) is 5.91 Å². The second kappa shape index (κ2) is 11.7. The summed E-state index contributed by atoms with van der Waals surface area (Å²) in [6.07, 6.45) is 0.828. The van der Waals surface area contributed by atoms with Crippen molar-refractivity contribution in [2.75, 3.05) is 34.6 Å². The Labute approximate surface area is 222 Å². The van der Waals surface area contributed by atoms with Crippen molar-refractivity contribution in [3.63, 3.8) is 0 Å². The Morgan fingerprint density at radius 3 is 2.21 bits per heavy atom. The standard InChI is InChI=1S/C27H32N4O6S/c1-18(32)29-20-4-9-24(10-5-20)38(36,37)30-21-2-6-22(7-3-21)31-14-12-19(13-15-31)28-17-27(35)25-11-8-23(33)16-26(25)34/h2-11,16,19,27-28,30,33-35H,12-15,17H2,1H3,(H,29,32). The van der Waals surface area contributed by atoms with Crippen LogP contribution in [0.5, 0.6) is 11.5 Å². The number of hydrogen-bond donors (Lipinski definition) is 6. The molecule has 3 aromatic carbocycles. The van der Waals surface area contributed by atoms with Gasteiger partial charge in [-0.05, 0) is 73.5 Å². The quantitative estimate of drug-likeness (QED) is 0.242. The predicted molar refractivity (Wildman–Crippen MR) is 146 cm³/mol. The molecule has 1 aliphatic rings. The number of nitrogens with zero attached hydrogens (tertiary/aromatic N) is 1. The van der Waals surface area contributed by atoms with Crippen molar-refractivity contribution in [3.8, 4) is 11.5 Å². The van der Waals surface area contributed by atoms with E-state index in [0.717, 1.165) is 31.6 Å². The molecule has 1 atom stereocenters. The van der Waals surface area contributed by atoms with Crippen LogP contribution in [0.3, 0.4) is 0 Å². The minimum Gasteiger partial charge on any atom is -0.508 e. The van der Waals surface area contributed by atoms with Crippen molar-refractivity contribution in [2.45, 2.75) is 36.8 Å². The number of aliphatic hydroxyl groups is 1. The fourth-order valence-electron chi connectivity index (χ4n) is 4.42. The number of sulfonamides is 1. The highest BCUT2D eigenvalue weighted by atomic mass is 32.2. The van der Waals surface area contributed by atoms with Gasteiger partial charge in [-0.1, -0.05) is 0 Å². The number of hydrogen-bond acceptors (Lipinski definition) is 8. The zero-order chi connectivity index (χ0) is 27.3. The Kier molecular flexibility index (Phi) is 8.40. The van der Waals surface area contributed by atoms with E-state index >= 15 is 0 Å². The van der Waals surface area contributed by atoms with Crippen molar-refractivity contribution in [1.82, 2.24) is 5.32 Å². The summed E-state index contributed by atoms with van der Waals surface area (Å²) in [6.45, 7) is 3.26. The largest absolute Gasteiger partial charge is 0.508 e. The highest BCUT2D eigenvalue weighted by Crippen LogP contribution is 2.28. The number of aliphatic hydroxyl groups excluding tert-OH is 1. The molecule has 0 saturated carbocycles. The van der Waals surface area contributed by atoms with E-state index in [-0.39, 0.29) is 34.9 Å². The highest BCUT2D eigenvalue weighted by molar-refractivity contribution is 7.92. The van der Waals surface area contributed by atoms with Gasteiger partial charge >= 0.3 is 0 Å². The molecule has 0 spiro atoms. The lowest BCUT2D eigenvalue weighted by molar-refractivity contribution is -0.114. The van der Waals surface area contributed by atoms with E-state index in [0.29, 0.717) is 16.9 Å². The predicted octanol–water partition coefficient (Wildman–Crippen LogP) is 3.15. The van der Waals surface area contributed by atoms with Crippen LogP contribution in [-0.4, -0.2) is 55.3 Å². The van der Waals surface area contributed by atoms with Crippen LogP contribution in [0.2, 0.25) is 0 Å². The van der Waals surface area contributed by atoms with Gasteiger partial charge in [0, 0.05) is 61.3 Å². The van der Waals surface area contributed by atoms with Gasteiger partial charge in [0.05, 0.1) is 11.0 Å². The zero-order valence-electron chi connectivity index (χ0n) is 21.0. The van der Waals surface area contributed by atoms with E-state index in [1.165, 1.54) is 49.4 Å². The van der Waals surface area contributed by atoms with E-state index in [2.05, 4.69) is 20.3 Å². The molecular formula is C27H32N4O6S. The molecule has 4 rings (SSSR count). The normalized spacial score (nSPS) is 15.2. The molecule has 10 nitrogen and oxygen atoms in total. The van der Waals surface area contributed by atoms with E-state index in [4.69, 9.17) is 0 Å². The van der Waals surface area contributed by atoms with Crippen molar-refractivity contribution in [1.29, 1.82) is 0 Å². The van der Waals surface area contributed by atoms with Crippen LogP contribution in [0, 0.1) is 0 Å².